The standard InChI is InChI=1S/C27H23Br2NS/c1-31(2,3)27-23(28)16-19(17-24(27)29)18-13-14-26-22(15-18)21-11-7-8-12-25(21)30(26)20-9-5-4-6-10-20/h4-17H,1-3H3. The normalized spacial score (nSPS) is 12.5. The zero-order chi connectivity index (χ0) is 21.8. The number of halogens is 2. The molecule has 0 atom stereocenters. The zero-order valence-corrected chi connectivity index (χ0v) is 21.7. The number of aromatic nitrogens is 1. The second-order valence-electron chi connectivity index (χ2n) is 8.53. The summed E-state index contributed by atoms with van der Waals surface area (Å²) in [5.74, 6) is 0. The molecule has 0 unspecified atom stereocenters. The Balaban J connectivity index is 1.75. The van der Waals surface area contributed by atoms with Crippen LogP contribution in [0.3, 0.4) is 0 Å². The van der Waals surface area contributed by atoms with Crippen molar-refractivity contribution in [3.05, 3.63) is 93.9 Å². The van der Waals surface area contributed by atoms with Gasteiger partial charge >= 0.3 is 0 Å². The first-order valence-electron chi connectivity index (χ1n) is 10.1. The van der Waals surface area contributed by atoms with Crippen molar-refractivity contribution in [3.63, 3.8) is 0 Å². The largest absolute Gasteiger partial charge is 0.309 e. The fourth-order valence-electron chi connectivity index (χ4n) is 4.32. The molecule has 31 heavy (non-hydrogen) atoms. The van der Waals surface area contributed by atoms with E-state index in [0.717, 1.165) is 0 Å². The lowest BCUT2D eigenvalue weighted by atomic mass is 10.0. The molecule has 5 rings (SSSR count). The summed E-state index contributed by atoms with van der Waals surface area (Å²) in [7, 11) is -0.851. The van der Waals surface area contributed by atoms with Crippen LogP contribution in [0, 0.1) is 0 Å². The smallest absolute Gasteiger partial charge is 0.0541 e. The van der Waals surface area contributed by atoms with Gasteiger partial charge in [0.2, 0.25) is 0 Å². The highest BCUT2D eigenvalue weighted by molar-refractivity contribution is 9.11. The lowest BCUT2D eigenvalue weighted by Crippen LogP contribution is -1.96. The Bertz CT molecular complexity index is 1410. The van der Waals surface area contributed by atoms with E-state index < -0.39 is 10.0 Å². The maximum Gasteiger partial charge on any atom is 0.0541 e. The molecule has 156 valence electrons. The molecule has 0 bridgehead atoms. The average Bonchev–Trinajstić information content (AvgIpc) is 3.06. The third-order valence-electron chi connectivity index (χ3n) is 5.63. The minimum atomic E-state index is -0.851. The lowest BCUT2D eigenvalue weighted by Gasteiger charge is -2.29. The van der Waals surface area contributed by atoms with Gasteiger partial charge < -0.3 is 4.57 Å². The molecular weight excluding hydrogens is 530 g/mol. The summed E-state index contributed by atoms with van der Waals surface area (Å²) >= 11 is 7.68. The topological polar surface area (TPSA) is 4.93 Å². The minimum Gasteiger partial charge on any atom is -0.309 e. The van der Waals surface area contributed by atoms with Crippen molar-refractivity contribution in [1.29, 1.82) is 0 Å². The molecule has 1 nitrogen and oxygen atoms in total. The molecule has 0 N–H and O–H groups in total. The molecule has 0 aliphatic carbocycles. The van der Waals surface area contributed by atoms with Crippen LogP contribution in [0.25, 0.3) is 38.6 Å². The Morgan fingerprint density at radius 1 is 0.613 bits per heavy atom. The maximum atomic E-state index is 3.84. The number of benzene rings is 4. The summed E-state index contributed by atoms with van der Waals surface area (Å²) in [5, 5.41) is 2.55. The first-order valence-corrected chi connectivity index (χ1v) is 14.6. The zero-order valence-electron chi connectivity index (χ0n) is 17.7. The van der Waals surface area contributed by atoms with Crippen molar-refractivity contribution >= 4 is 63.7 Å². The van der Waals surface area contributed by atoms with Crippen molar-refractivity contribution in [1.82, 2.24) is 4.57 Å². The summed E-state index contributed by atoms with van der Waals surface area (Å²) in [6.45, 7) is 0. The molecule has 1 heterocycles. The highest BCUT2D eigenvalue weighted by Crippen LogP contribution is 2.53. The third kappa shape index (κ3) is 3.65. The van der Waals surface area contributed by atoms with E-state index in [1.54, 1.807) is 0 Å². The molecular formula is C27H23Br2NS. The lowest BCUT2D eigenvalue weighted by molar-refractivity contribution is 1.18. The van der Waals surface area contributed by atoms with Gasteiger partial charge in [-0.3, -0.25) is 0 Å². The second kappa shape index (κ2) is 7.84. The van der Waals surface area contributed by atoms with Crippen molar-refractivity contribution in [3.8, 4) is 16.8 Å². The Hall–Kier alpha value is -2.01. The van der Waals surface area contributed by atoms with E-state index in [9.17, 15) is 0 Å². The van der Waals surface area contributed by atoms with Crippen LogP contribution in [0.5, 0.6) is 0 Å². The molecule has 1 aromatic heterocycles. The number of nitrogens with zero attached hydrogens (tertiary/aromatic N) is 1. The molecule has 0 amide bonds. The summed E-state index contributed by atoms with van der Waals surface area (Å²) in [6.07, 6.45) is 6.96. The molecule has 4 heteroatoms. The second-order valence-corrected chi connectivity index (χ2v) is 14.3. The van der Waals surface area contributed by atoms with E-state index in [4.69, 9.17) is 0 Å². The summed E-state index contributed by atoms with van der Waals surface area (Å²) in [4.78, 5) is 1.37. The van der Waals surface area contributed by atoms with Crippen LogP contribution in [0.4, 0.5) is 0 Å². The Kier molecular flexibility index (Phi) is 5.28. The molecule has 0 saturated carbocycles. The fourth-order valence-corrected chi connectivity index (χ4v) is 9.71. The predicted octanol–water partition coefficient (Wildman–Crippen LogP) is 9.03. The highest BCUT2D eigenvalue weighted by atomic mass is 79.9. The average molecular weight is 553 g/mol. The van der Waals surface area contributed by atoms with Gasteiger partial charge in [0, 0.05) is 30.3 Å². The van der Waals surface area contributed by atoms with Crippen molar-refractivity contribution in [2.75, 3.05) is 18.8 Å². The predicted molar refractivity (Wildman–Crippen MR) is 145 cm³/mol. The summed E-state index contributed by atoms with van der Waals surface area (Å²) < 4.78 is 4.70. The molecule has 0 saturated heterocycles. The fraction of sp³-hybridized carbons (Fsp3) is 0.111. The number of para-hydroxylation sites is 2. The Morgan fingerprint density at radius 3 is 1.90 bits per heavy atom. The molecule has 5 aromatic rings. The Morgan fingerprint density at radius 2 is 1.23 bits per heavy atom. The Labute approximate surface area is 201 Å². The first kappa shape index (κ1) is 20.9. The van der Waals surface area contributed by atoms with Gasteiger partial charge in [0.1, 0.15) is 0 Å². The van der Waals surface area contributed by atoms with Crippen LogP contribution in [-0.4, -0.2) is 23.3 Å². The SMILES string of the molecule is CS(C)(C)c1c(Br)cc(-c2ccc3c(c2)c2ccccc2n3-c2ccccc2)cc1Br. The van der Waals surface area contributed by atoms with E-state index in [1.807, 2.05) is 0 Å². The van der Waals surface area contributed by atoms with Crippen molar-refractivity contribution < 1.29 is 0 Å². The van der Waals surface area contributed by atoms with Crippen LogP contribution >= 0.6 is 41.9 Å². The number of rotatable bonds is 3. The van der Waals surface area contributed by atoms with Crippen LogP contribution < -0.4 is 0 Å². The van der Waals surface area contributed by atoms with Crippen molar-refractivity contribution in [2.24, 2.45) is 0 Å². The van der Waals surface area contributed by atoms with E-state index >= 15 is 0 Å². The van der Waals surface area contributed by atoms with E-state index in [2.05, 4.69) is 140 Å². The first-order chi connectivity index (χ1) is 14.8. The van der Waals surface area contributed by atoms with Crippen LogP contribution in [0.2, 0.25) is 0 Å². The van der Waals surface area contributed by atoms with E-state index in [-0.39, 0.29) is 0 Å². The number of fused-ring (bicyclic) bond motifs is 3. The van der Waals surface area contributed by atoms with E-state index in [0.29, 0.717) is 0 Å². The van der Waals surface area contributed by atoms with Gasteiger partial charge in [0.25, 0.3) is 0 Å². The molecule has 4 aromatic carbocycles. The van der Waals surface area contributed by atoms with E-state index in [1.165, 1.54) is 52.5 Å². The van der Waals surface area contributed by atoms with Crippen LogP contribution in [0.15, 0.2) is 98.8 Å². The number of hydrogen-bond donors (Lipinski definition) is 0. The minimum absolute atomic E-state index is 0.851. The molecule has 0 radical (unpaired) electrons. The molecule has 0 aliphatic heterocycles. The van der Waals surface area contributed by atoms with Gasteiger partial charge in [0.15, 0.2) is 0 Å². The third-order valence-corrected chi connectivity index (χ3v) is 9.07. The summed E-state index contributed by atoms with van der Waals surface area (Å²) in [5.41, 5.74) is 6.08. The number of hydrogen-bond acceptors (Lipinski definition) is 0. The van der Waals surface area contributed by atoms with Crippen LogP contribution in [0.1, 0.15) is 0 Å². The van der Waals surface area contributed by atoms with Crippen LogP contribution in [-0.2, 0) is 0 Å². The maximum absolute atomic E-state index is 3.84. The monoisotopic (exact) mass is 551 g/mol. The van der Waals surface area contributed by atoms with Gasteiger partial charge in [-0.25, -0.2) is 10.0 Å². The summed E-state index contributed by atoms with van der Waals surface area (Å²) in [6, 6.07) is 30.6. The molecule has 0 aliphatic rings. The molecule has 0 fully saturated rings. The van der Waals surface area contributed by atoms with Crippen molar-refractivity contribution in [2.45, 2.75) is 4.90 Å². The van der Waals surface area contributed by atoms with Gasteiger partial charge in [-0.2, -0.15) is 0 Å². The van der Waals surface area contributed by atoms with Gasteiger partial charge in [-0.15, -0.1) is 0 Å². The molecule has 0 spiro atoms. The van der Waals surface area contributed by atoms with Gasteiger partial charge in [-0.1, -0.05) is 42.5 Å². The quantitative estimate of drug-likeness (QED) is 0.210. The highest BCUT2D eigenvalue weighted by Gasteiger charge is 2.18. The van der Waals surface area contributed by atoms with Gasteiger partial charge in [0.05, 0.1) is 11.0 Å². The van der Waals surface area contributed by atoms with Gasteiger partial charge in [-0.05, 0) is 104 Å².